The van der Waals surface area contributed by atoms with Crippen LogP contribution in [-0.2, 0) is 18.6 Å². The van der Waals surface area contributed by atoms with E-state index in [2.05, 4.69) is 25.8 Å². The molecule has 5 heteroatoms. The maximum atomic E-state index is 10.2. The molecular weight excluding hydrogens is 316 g/mol. The van der Waals surface area contributed by atoms with E-state index < -0.39 is 0 Å². The summed E-state index contributed by atoms with van der Waals surface area (Å²) in [5.74, 6) is 1.50. The molecule has 0 unspecified atom stereocenters. The molecule has 0 bridgehead atoms. The van der Waals surface area contributed by atoms with Crippen molar-refractivity contribution in [3.8, 4) is 0 Å². The molecule has 0 amide bonds. The minimum Gasteiger partial charge on any atom is -0.852 e. The molecule has 0 aromatic heterocycles. The summed E-state index contributed by atoms with van der Waals surface area (Å²) in [7, 11) is 2.18. The molecule has 1 radical (unpaired) electrons. The van der Waals surface area contributed by atoms with E-state index in [0.717, 1.165) is 31.1 Å². The van der Waals surface area contributed by atoms with Crippen LogP contribution in [0.5, 0.6) is 0 Å². The van der Waals surface area contributed by atoms with Crippen molar-refractivity contribution in [3.05, 3.63) is 7.43 Å². The van der Waals surface area contributed by atoms with Gasteiger partial charge in [-0.15, -0.1) is 6.10 Å². The Labute approximate surface area is 180 Å². The van der Waals surface area contributed by atoms with Crippen molar-refractivity contribution in [3.63, 3.8) is 0 Å². The molecule has 1 saturated carbocycles. The van der Waals surface area contributed by atoms with E-state index in [9.17, 15) is 5.11 Å². The summed E-state index contributed by atoms with van der Waals surface area (Å²) >= 11 is 0. The summed E-state index contributed by atoms with van der Waals surface area (Å²) < 4.78 is 0. The molecule has 0 aromatic carbocycles. The summed E-state index contributed by atoms with van der Waals surface area (Å²) in [5, 5.41) is 19.0. The van der Waals surface area contributed by atoms with Gasteiger partial charge in [-0.25, -0.2) is 0 Å². The smallest absolute Gasteiger partial charge is 0.852 e. The maximum absolute atomic E-state index is 10.2. The molecule has 2 aliphatic rings. The van der Waals surface area contributed by atoms with Crippen molar-refractivity contribution in [1.82, 2.24) is 4.90 Å². The quantitative estimate of drug-likeness (QED) is 0.499. The third-order valence-corrected chi connectivity index (χ3v) is 4.18. The van der Waals surface area contributed by atoms with Crippen LogP contribution in [0.2, 0.25) is 0 Å². The first kappa shape index (κ1) is 27.0. The minimum absolute atomic E-state index is 0. The minimum atomic E-state index is -0.208. The summed E-state index contributed by atoms with van der Waals surface area (Å²) in [4.78, 5) is 2.40. The fourth-order valence-electron chi connectivity index (χ4n) is 2.66. The van der Waals surface area contributed by atoms with Crippen molar-refractivity contribution >= 4 is 0 Å². The molecular formula is C15H31KNO2V-. The first-order valence-corrected chi connectivity index (χ1v) is 6.99. The summed E-state index contributed by atoms with van der Waals surface area (Å²) in [6.07, 6.45) is 5.15. The molecule has 1 heterocycles. The van der Waals surface area contributed by atoms with Crippen molar-refractivity contribution in [2.24, 2.45) is 11.8 Å². The molecule has 1 aliphatic carbocycles. The van der Waals surface area contributed by atoms with Gasteiger partial charge in [0, 0.05) is 31.2 Å². The molecule has 2 atom stereocenters. The van der Waals surface area contributed by atoms with Crippen LogP contribution in [0.4, 0.5) is 0 Å². The zero-order valence-electron chi connectivity index (χ0n) is 14.0. The Hall–Kier alpha value is 2.10. The fraction of sp³-hybridized carbons (Fsp3) is 0.933. The Morgan fingerprint density at radius 2 is 1.75 bits per heavy atom. The summed E-state index contributed by atoms with van der Waals surface area (Å²) in [5.41, 5.74) is 0. The second-order valence-corrected chi connectivity index (χ2v) is 5.93. The van der Waals surface area contributed by atoms with Gasteiger partial charge in [-0.05, 0) is 51.6 Å². The molecule has 1 N–H and O–H groups in total. The molecule has 0 aromatic rings. The van der Waals surface area contributed by atoms with Crippen LogP contribution in [0.1, 0.15) is 46.0 Å². The SMILES string of the molecule is CC1CC([O-])C1.C[C@H]1C[C@@H](CCO)CCN1C.[CH3-].[K+].[V]. The Morgan fingerprint density at radius 1 is 1.20 bits per heavy atom. The zero-order chi connectivity index (χ0) is 12.8. The van der Waals surface area contributed by atoms with E-state index in [1.165, 1.54) is 19.4 Å². The third kappa shape index (κ3) is 10.8. The first-order chi connectivity index (χ1) is 8.02. The van der Waals surface area contributed by atoms with Crippen LogP contribution in [0.15, 0.2) is 0 Å². The number of rotatable bonds is 2. The van der Waals surface area contributed by atoms with Crippen molar-refractivity contribution in [1.29, 1.82) is 0 Å². The van der Waals surface area contributed by atoms with Crippen LogP contribution in [0, 0.1) is 19.3 Å². The van der Waals surface area contributed by atoms with Crippen molar-refractivity contribution in [2.75, 3.05) is 20.2 Å². The Bertz CT molecular complexity index is 210. The predicted molar refractivity (Wildman–Crippen MR) is 75.1 cm³/mol. The number of hydrogen-bond acceptors (Lipinski definition) is 3. The van der Waals surface area contributed by atoms with Crippen molar-refractivity contribution in [2.45, 2.75) is 58.1 Å². The van der Waals surface area contributed by atoms with Gasteiger partial charge in [0.15, 0.2) is 0 Å². The van der Waals surface area contributed by atoms with Crippen LogP contribution in [-0.4, -0.2) is 42.4 Å². The standard InChI is InChI=1S/C9H19NO.C5H9O.CH3.K.V/c1-8-7-9(4-6-11)3-5-10(8)2;1-4-2-5(6)3-4;;;/h8-9,11H,3-7H2,1-2H3;4-5H,2-3H2,1H3;1H3;;/q;2*-1;+1;/t8-,9+;;;;/m0..../s1. The molecule has 115 valence electrons. The number of aliphatic hydroxyl groups excluding tert-OH is 1. The first-order valence-electron chi connectivity index (χ1n) is 6.99. The second-order valence-electron chi connectivity index (χ2n) is 5.93. The monoisotopic (exact) mass is 347 g/mol. The maximum Gasteiger partial charge on any atom is 1.00 e. The normalized spacial score (nSPS) is 32.2. The molecule has 2 fully saturated rings. The summed E-state index contributed by atoms with van der Waals surface area (Å²) in [6, 6.07) is 0.709. The van der Waals surface area contributed by atoms with Crippen LogP contribution < -0.4 is 56.5 Å². The molecule has 20 heavy (non-hydrogen) atoms. The van der Waals surface area contributed by atoms with Gasteiger partial charge < -0.3 is 22.5 Å². The van der Waals surface area contributed by atoms with Gasteiger partial charge in [0.1, 0.15) is 0 Å². The molecule has 1 aliphatic heterocycles. The van der Waals surface area contributed by atoms with Gasteiger partial charge in [-0.1, -0.05) is 19.8 Å². The largest absolute Gasteiger partial charge is 1.00 e. The van der Waals surface area contributed by atoms with Gasteiger partial charge >= 0.3 is 51.4 Å². The number of likely N-dealkylation sites (tertiary alicyclic amines) is 1. The van der Waals surface area contributed by atoms with Crippen LogP contribution in [0.3, 0.4) is 0 Å². The fourth-order valence-corrected chi connectivity index (χ4v) is 2.66. The van der Waals surface area contributed by atoms with E-state index in [4.69, 9.17) is 5.11 Å². The average molecular weight is 347 g/mol. The Morgan fingerprint density at radius 3 is 2.05 bits per heavy atom. The van der Waals surface area contributed by atoms with E-state index in [-0.39, 0.29) is 83.5 Å². The number of nitrogens with zero attached hydrogens (tertiary/aromatic N) is 1. The molecule has 0 spiro atoms. The van der Waals surface area contributed by atoms with E-state index >= 15 is 0 Å². The molecule has 3 nitrogen and oxygen atoms in total. The average Bonchev–Trinajstić information content (AvgIpc) is 2.23. The van der Waals surface area contributed by atoms with Gasteiger partial charge in [0.25, 0.3) is 0 Å². The Kier molecular flexibility index (Phi) is 19.8. The molecule has 1 saturated heterocycles. The van der Waals surface area contributed by atoms with Gasteiger partial charge in [0.2, 0.25) is 0 Å². The van der Waals surface area contributed by atoms with Crippen LogP contribution >= 0.6 is 0 Å². The Balaban J connectivity index is -0.000000281. The van der Waals surface area contributed by atoms with Crippen LogP contribution in [0.25, 0.3) is 0 Å². The zero-order valence-corrected chi connectivity index (χ0v) is 18.5. The number of piperidine rings is 1. The molecule has 2 rings (SSSR count). The second kappa shape index (κ2) is 14.7. The third-order valence-electron chi connectivity index (χ3n) is 4.18. The van der Waals surface area contributed by atoms with E-state index in [0.29, 0.717) is 12.6 Å². The number of aliphatic hydroxyl groups is 1. The van der Waals surface area contributed by atoms with Crippen molar-refractivity contribution < 1.29 is 80.2 Å². The topological polar surface area (TPSA) is 46.5 Å². The van der Waals surface area contributed by atoms with E-state index in [1.54, 1.807) is 0 Å². The predicted octanol–water partition coefficient (Wildman–Crippen LogP) is -1.30. The van der Waals surface area contributed by atoms with Gasteiger partial charge in [0.05, 0.1) is 0 Å². The van der Waals surface area contributed by atoms with Gasteiger partial charge in [-0.3, -0.25) is 0 Å². The van der Waals surface area contributed by atoms with E-state index in [1.807, 2.05) is 0 Å². The summed E-state index contributed by atoms with van der Waals surface area (Å²) in [6.45, 7) is 5.95. The van der Waals surface area contributed by atoms with Gasteiger partial charge in [-0.2, -0.15) is 0 Å². The number of hydrogen-bond donors (Lipinski definition) is 1.